The van der Waals surface area contributed by atoms with Gasteiger partial charge in [-0.05, 0) is 42.0 Å². The Kier molecular flexibility index (Phi) is 6.08. The van der Waals surface area contributed by atoms with E-state index < -0.39 is 11.1 Å². The predicted molar refractivity (Wildman–Crippen MR) is 116 cm³/mol. The molecular weight excluding hydrogens is 418 g/mol. The Morgan fingerprint density at radius 2 is 1.61 bits per heavy atom. The predicted octanol–water partition coefficient (Wildman–Crippen LogP) is 5.23. The number of thioether (sulfide) groups is 1. The van der Waals surface area contributed by atoms with Crippen LogP contribution in [0.2, 0.25) is 0 Å². The normalized spacial score (nSPS) is 11.8. The first-order valence-electron chi connectivity index (χ1n) is 9.45. The molecular formula is C23H18F2N4OS. The van der Waals surface area contributed by atoms with Gasteiger partial charge >= 0.3 is 0 Å². The molecule has 0 aliphatic rings. The highest BCUT2D eigenvalue weighted by molar-refractivity contribution is 8.00. The minimum Gasteiger partial charge on any atom is -0.325 e. The third kappa shape index (κ3) is 4.64. The molecule has 1 N–H and O–H groups in total. The van der Waals surface area contributed by atoms with Gasteiger partial charge in [-0.25, -0.2) is 8.78 Å². The van der Waals surface area contributed by atoms with E-state index in [0.29, 0.717) is 22.2 Å². The minimum absolute atomic E-state index is 0.293. The fourth-order valence-electron chi connectivity index (χ4n) is 3.04. The highest BCUT2D eigenvalue weighted by Crippen LogP contribution is 2.36. The molecule has 0 aliphatic carbocycles. The van der Waals surface area contributed by atoms with Crippen LogP contribution in [0, 0.1) is 11.6 Å². The van der Waals surface area contributed by atoms with Crippen LogP contribution in [0.5, 0.6) is 0 Å². The van der Waals surface area contributed by atoms with Gasteiger partial charge in [-0.2, -0.15) is 0 Å². The topological polar surface area (TPSA) is 59.8 Å². The molecule has 0 spiro atoms. The number of anilines is 1. The largest absolute Gasteiger partial charge is 0.325 e. The van der Waals surface area contributed by atoms with Gasteiger partial charge in [0.2, 0.25) is 5.91 Å². The van der Waals surface area contributed by atoms with Crippen LogP contribution < -0.4 is 5.32 Å². The number of hydrogen-bond acceptors (Lipinski definition) is 4. The summed E-state index contributed by atoms with van der Waals surface area (Å²) >= 11 is 1.20. The van der Waals surface area contributed by atoms with E-state index >= 15 is 0 Å². The van der Waals surface area contributed by atoms with Crippen LogP contribution in [-0.4, -0.2) is 20.7 Å². The molecule has 1 unspecified atom stereocenters. The Hall–Kier alpha value is -3.52. The second kappa shape index (κ2) is 9.09. The smallest absolute Gasteiger partial charge is 0.242 e. The average Bonchev–Trinajstić information content (AvgIpc) is 3.14. The van der Waals surface area contributed by atoms with E-state index in [-0.39, 0.29) is 11.7 Å². The van der Waals surface area contributed by atoms with Crippen LogP contribution in [0.25, 0.3) is 11.4 Å². The monoisotopic (exact) mass is 436 g/mol. The van der Waals surface area contributed by atoms with Crippen molar-refractivity contribution in [2.24, 2.45) is 7.05 Å². The molecule has 0 aliphatic heterocycles. The molecule has 8 heteroatoms. The Balaban J connectivity index is 1.64. The van der Waals surface area contributed by atoms with Gasteiger partial charge in [-0.3, -0.25) is 4.79 Å². The van der Waals surface area contributed by atoms with Gasteiger partial charge in [0.05, 0.1) is 5.56 Å². The summed E-state index contributed by atoms with van der Waals surface area (Å²) in [7, 11) is 1.73. The lowest BCUT2D eigenvalue weighted by Gasteiger charge is -2.16. The second-order valence-corrected chi connectivity index (χ2v) is 7.82. The zero-order valence-electron chi connectivity index (χ0n) is 16.5. The van der Waals surface area contributed by atoms with Gasteiger partial charge in [0.15, 0.2) is 11.0 Å². The van der Waals surface area contributed by atoms with Crippen LogP contribution in [0.1, 0.15) is 10.8 Å². The lowest BCUT2D eigenvalue weighted by Crippen LogP contribution is -2.19. The van der Waals surface area contributed by atoms with E-state index in [2.05, 4.69) is 15.5 Å². The van der Waals surface area contributed by atoms with E-state index in [0.717, 1.165) is 5.56 Å². The summed E-state index contributed by atoms with van der Waals surface area (Å²) < 4.78 is 29.1. The summed E-state index contributed by atoms with van der Waals surface area (Å²) in [6, 6.07) is 21.1. The summed E-state index contributed by atoms with van der Waals surface area (Å²) in [4.78, 5) is 13.1. The van der Waals surface area contributed by atoms with Gasteiger partial charge in [0.25, 0.3) is 0 Å². The summed E-state index contributed by atoms with van der Waals surface area (Å²) in [5, 5.41) is 10.9. The van der Waals surface area contributed by atoms with Crippen molar-refractivity contribution in [3.05, 3.63) is 96.1 Å². The van der Waals surface area contributed by atoms with Crippen LogP contribution >= 0.6 is 11.8 Å². The first-order valence-corrected chi connectivity index (χ1v) is 10.3. The second-order valence-electron chi connectivity index (χ2n) is 6.75. The Bertz CT molecular complexity index is 1200. The van der Waals surface area contributed by atoms with Crippen molar-refractivity contribution in [2.75, 3.05) is 5.32 Å². The standard InChI is InChI=1S/C23H18F2N4OS/c1-29-21(18-9-5-6-10-19(18)25)27-28-23(29)31-20(15-7-3-2-4-8-15)22(30)26-17-13-11-16(24)12-14-17/h2-14,20H,1H3,(H,26,30). The zero-order chi connectivity index (χ0) is 21.8. The number of hydrogen-bond donors (Lipinski definition) is 1. The number of rotatable bonds is 6. The van der Waals surface area contributed by atoms with E-state index in [4.69, 9.17) is 0 Å². The molecule has 0 radical (unpaired) electrons. The molecule has 0 fully saturated rings. The first kappa shape index (κ1) is 20.7. The minimum atomic E-state index is -0.650. The summed E-state index contributed by atoms with van der Waals surface area (Å²) in [6.45, 7) is 0. The van der Waals surface area contributed by atoms with Crippen molar-refractivity contribution in [3.8, 4) is 11.4 Å². The molecule has 156 valence electrons. The number of carbonyl (C=O) groups is 1. The van der Waals surface area contributed by atoms with Crippen LogP contribution in [0.15, 0.2) is 84.0 Å². The maximum atomic E-state index is 14.2. The maximum Gasteiger partial charge on any atom is 0.242 e. The summed E-state index contributed by atoms with van der Waals surface area (Å²) in [6.07, 6.45) is 0. The lowest BCUT2D eigenvalue weighted by atomic mass is 10.1. The number of aromatic nitrogens is 3. The lowest BCUT2D eigenvalue weighted by molar-refractivity contribution is -0.115. The Labute approximate surface area is 182 Å². The van der Waals surface area contributed by atoms with Crippen molar-refractivity contribution in [1.29, 1.82) is 0 Å². The zero-order valence-corrected chi connectivity index (χ0v) is 17.3. The molecule has 4 rings (SSSR count). The summed E-state index contributed by atoms with van der Waals surface area (Å²) in [5.74, 6) is -0.709. The molecule has 0 bridgehead atoms. The Morgan fingerprint density at radius 1 is 0.935 bits per heavy atom. The quantitative estimate of drug-likeness (QED) is 0.421. The van der Waals surface area contributed by atoms with E-state index in [1.165, 1.54) is 42.1 Å². The van der Waals surface area contributed by atoms with Crippen molar-refractivity contribution in [2.45, 2.75) is 10.4 Å². The fraction of sp³-hybridized carbons (Fsp3) is 0.0870. The number of benzene rings is 3. The molecule has 1 atom stereocenters. The molecule has 1 amide bonds. The van der Waals surface area contributed by atoms with Gasteiger partial charge in [0.1, 0.15) is 16.9 Å². The van der Waals surface area contributed by atoms with E-state index in [1.807, 2.05) is 30.3 Å². The van der Waals surface area contributed by atoms with Crippen molar-refractivity contribution < 1.29 is 13.6 Å². The Morgan fingerprint density at radius 3 is 2.32 bits per heavy atom. The number of nitrogens with one attached hydrogen (secondary N) is 1. The number of amides is 1. The van der Waals surface area contributed by atoms with Crippen molar-refractivity contribution in [1.82, 2.24) is 14.8 Å². The van der Waals surface area contributed by atoms with Crippen molar-refractivity contribution in [3.63, 3.8) is 0 Å². The average molecular weight is 436 g/mol. The molecule has 4 aromatic rings. The molecule has 31 heavy (non-hydrogen) atoms. The SMILES string of the molecule is Cn1c(SC(C(=O)Nc2ccc(F)cc2)c2ccccc2)nnc1-c1ccccc1F. The molecule has 0 saturated carbocycles. The maximum absolute atomic E-state index is 14.2. The number of carbonyl (C=O) groups excluding carboxylic acids is 1. The van der Waals surface area contributed by atoms with Crippen LogP contribution in [0.3, 0.4) is 0 Å². The highest BCUT2D eigenvalue weighted by Gasteiger charge is 2.26. The van der Waals surface area contributed by atoms with Gasteiger partial charge in [-0.15, -0.1) is 10.2 Å². The van der Waals surface area contributed by atoms with Crippen LogP contribution in [-0.2, 0) is 11.8 Å². The van der Waals surface area contributed by atoms with Crippen LogP contribution in [0.4, 0.5) is 14.5 Å². The molecule has 3 aromatic carbocycles. The summed E-state index contributed by atoms with van der Waals surface area (Å²) in [5.41, 5.74) is 1.58. The number of nitrogens with zero attached hydrogens (tertiary/aromatic N) is 3. The molecule has 1 heterocycles. The molecule has 5 nitrogen and oxygen atoms in total. The van der Waals surface area contributed by atoms with Gasteiger partial charge in [-0.1, -0.05) is 54.2 Å². The first-order chi connectivity index (χ1) is 15.0. The molecule has 1 aromatic heterocycles. The van der Waals surface area contributed by atoms with E-state index in [9.17, 15) is 13.6 Å². The third-order valence-corrected chi connectivity index (χ3v) is 5.91. The third-order valence-electron chi connectivity index (χ3n) is 4.63. The van der Waals surface area contributed by atoms with E-state index in [1.54, 1.807) is 29.8 Å². The number of halogens is 2. The fourth-order valence-corrected chi connectivity index (χ4v) is 4.04. The van der Waals surface area contributed by atoms with Gasteiger partial charge < -0.3 is 9.88 Å². The van der Waals surface area contributed by atoms with Gasteiger partial charge in [0, 0.05) is 12.7 Å². The van der Waals surface area contributed by atoms with Crippen molar-refractivity contribution >= 4 is 23.4 Å². The highest BCUT2D eigenvalue weighted by atomic mass is 32.2. The molecule has 0 saturated heterocycles.